The van der Waals surface area contributed by atoms with Crippen LogP contribution in [0, 0.1) is 0 Å². The van der Waals surface area contributed by atoms with Gasteiger partial charge < -0.3 is 14.0 Å². The van der Waals surface area contributed by atoms with E-state index in [1.54, 1.807) is 31.4 Å². The van der Waals surface area contributed by atoms with E-state index in [2.05, 4.69) is 10.1 Å². The fourth-order valence-electron chi connectivity index (χ4n) is 2.40. The number of rotatable bonds is 7. The first-order chi connectivity index (χ1) is 13.8. The number of aromatic nitrogens is 2. The largest absolute Gasteiger partial charge is 0.497 e. The van der Waals surface area contributed by atoms with Crippen LogP contribution in [-0.2, 0) is 21.4 Å². The minimum atomic E-state index is -3.66. The number of methoxy groups -OCH3 is 1. The summed E-state index contributed by atoms with van der Waals surface area (Å²) in [6.07, 6.45) is 0. The Balaban J connectivity index is 1.70. The second-order valence-corrected chi connectivity index (χ2v) is 8.29. The molecule has 3 rings (SSSR count). The predicted octanol–water partition coefficient (Wildman–Crippen LogP) is 2.35. The van der Waals surface area contributed by atoms with Gasteiger partial charge in [0, 0.05) is 19.7 Å². The Bertz CT molecular complexity index is 1120. The van der Waals surface area contributed by atoms with Crippen LogP contribution in [0.4, 0.5) is 0 Å². The van der Waals surface area contributed by atoms with Gasteiger partial charge in [-0.05, 0) is 30.3 Å². The van der Waals surface area contributed by atoms with Gasteiger partial charge in [0.05, 0.1) is 17.6 Å². The van der Waals surface area contributed by atoms with Gasteiger partial charge in [-0.2, -0.15) is 4.98 Å². The molecule has 0 saturated carbocycles. The van der Waals surface area contributed by atoms with Crippen molar-refractivity contribution in [3.63, 3.8) is 0 Å². The molecule has 0 N–H and O–H groups in total. The summed E-state index contributed by atoms with van der Waals surface area (Å²) in [4.78, 5) is 16.5. The van der Waals surface area contributed by atoms with E-state index < -0.39 is 16.0 Å². The summed E-state index contributed by atoms with van der Waals surface area (Å²) in [6.45, 7) is -0.250. The molecule has 2 aromatic carbocycles. The number of sulfonamides is 1. The second-order valence-electron chi connectivity index (χ2n) is 6.14. The van der Waals surface area contributed by atoms with Gasteiger partial charge in [-0.3, -0.25) is 0 Å². The van der Waals surface area contributed by atoms with Crippen molar-refractivity contribution in [2.24, 2.45) is 0 Å². The quantitative estimate of drug-likeness (QED) is 0.539. The third-order valence-corrected chi connectivity index (χ3v) is 5.78. The van der Waals surface area contributed by atoms with E-state index in [4.69, 9.17) is 14.0 Å². The van der Waals surface area contributed by atoms with Crippen LogP contribution in [0.3, 0.4) is 0 Å². The van der Waals surface area contributed by atoms with Crippen LogP contribution >= 0.6 is 0 Å². The van der Waals surface area contributed by atoms with Crippen LogP contribution in [-0.4, -0.2) is 50.0 Å². The van der Waals surface area contributed by atoms with Crippen LogP contribution in [0.5, 0.6) is 5.75 Å². The zero-order chi connectivity index (χ0) is 21.0. The van der Waals surface area contributed by atoms with Gasteiger partial charge in [-0.15, -0.1) is 0 Å². The number of benzene rings is 2. The summed E-state index contributed by atoms with van der Waals surface area (Å²) >= 11 is 0. The highest BCUT2D eigenvalue weighted by atomic mass is 32.2. The molecular weight excluding hydrogens is 398 g/mol. The normalized spacial score (nSPS) is 11.4. The molecule has 0 saturated heterocycles. The molecule has 1 heterocycles. The molecule has 10 heteroatoms. The maximum absolute atomic E-state index is 12.3. The van der Waals surface area contributed by atoms with E-state index in [1.807, 2.05) is 0 Å². The van der Waals surface area contributed by atoms with Crippen molar-refractivity contribution < 1.29 is 27.2 Å². The number of nitrogens with zero attached hydrogens (tertiary/aromatic N) is 3. The molecular formula is C19H19N3O6S. The van der Waals surface area contributed by atoms with Crippen molar-refractivity contribution in [3.05, 3.63) is 60.0 Å². The molecule has 0 radical (unpaired) electrons. The summed E-state index contributed by atoms with van der Waals surface area (Å²) in [5.74, 6) is 0.372. The molecule has 0 spiro atoms. The zero-order valence-corrected chi connectivity index (χ0v) is 16.8. The summed E-state index contributed by atoms with van der Waals surface area (Å²) in [6, 6.07) is 12.7. The molecule has 0 atom stereocenters. The van der Waals surface area contributed by atoms with Crippen molar-refractivity contribution >= 4 is 16.0 Å². The summed E-state index contributed by atoms with van der Waals surface area (Å²) in [5.41, 5.74) is 0.785. The van der Waals surface area contributed by atoms with Crippen molar-refractivity contribution in [3.8, 4) is 17.1 Å². The topological polar surface area (TPSA) is 112 Å². The average molecular weight is 417 g/mol. The maximum atomic E-state index is 12.3. The van der Waals surface area contributed by atoms with Gasteiger partial charge in [0.2, 0.25) is 15.8 Å². The molecule has 0 unspecified atom stereocenters. The Labute approximate surface area is 167 Å². The molecule has 1 aromatic heterocycles. The van der Waals surface area contributed by atoms with E-state index in [0.717, 1.165) is 4.31 Å². The molecule has 0 bridgehead atoms. The standard InChI is InChI=1S/C19H19N3O6S/c1-22(2)29(24,25)16-9-5-7-14(11-16)19(23)27-12-17-20-18(21-28-17)13-6-4-8-15(10-13)26-3/h4-11H,12H2,1-3H3. The fraction of sp³-hybridized carbons (Fsp3) is 0.211. The summed E-state index contributed by atoms with van der Waals surface area (Å²) in [5, 5.41) is 3.86. The third-order valence-electron chi connectivity index (χ3n) is 3.97. The molecule has 29 heavy (non-hydrogen) atoms. The first-order valence-corrected chi connectivity index (χ1v) is 9.92. The second kappa shape index (κ2) is 8.41. The fourth-order valence-corrected chi connectivity index (χ4v) is 3.35. The van der Waals surface area contributed by atoms with E-state index in [1.165, 1.54) is 38.4 Å². The highest BCUT2D eigenvalue weighted by Crippen LogP contribution is 2.21. The van der Waals surface area contributed by atoms with Crippen LogP contribution in [0.2, 0.25) is 0 Å². The summed E-state index contributed by atoms with van der Waals surface area (Å²) in [7, 11) is 0.721. The highest BCUT2D eigenvalue weighted by Gasteiger charge is 2.19. The van der Waals surface area contributed by atoms with E-state index >= 15 is 0 Å². The average Bonchev–Trinajstić information content (AvgIpc) is 3.21. The van der Waals surface area contributed by atoms with E-state index in [0.29, 0.717) is 17.1 Å². The first-order valence-electron chi connectivity index (χ1n) is 8.48. The molecule has 0 aliphatic carbocycles. The maximum Gasteiger partial charge on any atom is 0.338 e. The van der Waals surface area contributed by atoms with Crippen molar-refractivity contribution in [1.82, 2.24) is 14.4 Å². The van der Waals surface area contributed by atoms with E-state index in [-0.39, 0.29) is 23.0 Å². The number of esters is 1. The minimum absolute atomic E-state index is 0.00458. The van der Waals surface area contributed by atoms with Crippen LogP contribution in [0.25, 0.3) is 11.4 Å². The van der Waals surface area contributed by atoms with Crippen LogP contribution < -0.4 is 4.74 Å². The number of hydrogen-bond donors (Lipinski definition) is 0. The Kier molecular flexibility index (Phi) is 5.95. The SMILES string of the molecule is COc1cccc(-c2noc(COC(=O)c3cccc(S(=O)(=O)N(C)C)c3)n2)c1. The number of hydrogen-bond acceptors (Lipinski definition) is 8. The molecule has 3 aromatic rings. The lowest BCUT2D eigenvalue weighted by atomic mass is 10.2. The van der Waals surface area contributed by atoms with Crippen LogP contribution in [0.15, 0.2) is 57.9 Å². The third kappa shape index (κ3) is 4.61. The lowest BCUT2D eigenvalue weighted by Crippen LogP contribution is -2.22. The Morgan fingerprint density at radius 3 is 2.62 bits per heavy atom. The number of ether oxygens (including phenoxy) is 2. The van der Waals surface area contributed by atoms with Gasteiger partial charge in [0.25, 0.3) is 5.89 Å². The lowest BCUT2D eigenvalue weighted by molar-refractivity contribution is 0.0429. The first kappa shape index (κ1) is 20.5. The van der Waals surface area contributed by atoms with E-state index in [9.17, 15) is 13.2 Å². The van der Waals surface area contributed by atoms with Gasteiger partial charge in [0.1, 0.15) is 5.75 Å². The smallest absolute Gasteiger partial charge is 0.338 e. The van der Waals surface area contributed by atoms with Gasteiger partial charge in [-0.25, -0.2) is 17.5 Å². The minimum Gasteiger partial charge on any atom is -0.497 e. The number of carbonyl (C=O) groups excluding carboxylic acids is 1. The molecule has 0 fully saturated rings. The molecule has 0 aliphatic heterocycles. The van der Waals surface area contributed by atoms with Gasteiger partial charge in [-0.1, -0.05) is 23.4 Å². The zero-order valence-electron chi connectivity index (χ0n) is 16.0. The van der Waals surface area contributed by atoms with Crippen LogP contribution in [0.1, 0.15) is 16.2 Å². The van der Waals surface area contributed by atoms with Gasteiger partial charge >= 0.3 is 5.97 Å². The molecule has 9 nitrogen and oxygen atoms in total. The monoisotopic (exact) mass is 417 g/mol. The van der Waals surface area contributed by atoms with Crippen molar-refractivity contribution in [2.75, 3.05) is 21.2 Å². The van der Waals surface area contributed by atoms with Crippen molar-refractivity contribution in [1.29, 1.82) is 0 Å². The number of carbonyl (C=O) groups is 1. The summed E-state index contributed by atoms with van der Waals surface area (Å²) < 4.78 is 40.9. The van der Waals surface area contributed by atoms with Gasteiger partial charge in [0.15, 0.2) is 6.61 Å². The molecule has 152 valence electrons. The Morgan fingerprint density at radius 2 is 1.90 bits per heavy atom. The van der Waals surface area contributed by atoms with Crippen molar-refractivity contribution in [2.45, 2.75) is 11.5 Å². The lowest BCUT2D eigenvalue weighted by Gasteiger charge is -2.11. The predicted molar refractivity (Wildman–Crippen MR) is 103 cm³/mol. The highest BCUT2D eigenvalue weighted by molar-refractivity contribution is 7.89. The Morgan fingerprint density at radius 1 is 1.14 bits per heavy atom. The molecule has 0 amide bonds. The Hall–Kier alpha value is -3.24. The molecule has 0 aliphatic rings.